The lowest BCUT2D eigenvalue weighted by atomic mass is 9.89. The van der Waals surface area contributed by atoms with E-state index in [-0.39, 0.29) is 31.3 Å². The molecule has 0 radical (unpaired) electrons. The van der Waals surface area contributed by atoms with Crippen molar-refractivity contribution in [3.8, 4) is 0 Å². The number of benzene rings is 4. The fourth-order valence-corrected chi connectivity index (χ4v) is 5.46. The number of hydrogen-bond acceptors (Lipinski definition) is 6. The number of aliphatic hydroxyl groups excluding tert-OH is 1. The van der Waals surface area contributed by atoms with E-state index in [9.17, 15) is 9.90 Å². The molecule has 5 rings (SSSR count). The van der Waals surface area contributed by atoms with Crippen LogP contribution in [0.15, 0.2) is 122 Å². The highest BCUT2D eigenvalue weighted by molar-refractivity contribution is 5.84. The molecule has 4 aromatic carbocycles. The highest BCUT2D eigenvalue weighted by atomic mass is 16.7. The summed E-state index contributed by atoms with van der Waals surface area (Å²) < 4.78 is 18.4. The lowest BCUT2D eigenvalue weighted by molar-refractivity contribution is -0.276. The zero-order valence-electron chi connectivity index (χ0n) is 25.0. The molecular formula is C37H40N2O5. The van der Waals surface area contributed by atoms with E-state index in [4.69, 9.17) is 14.2 Å². The number of anilines is 1. The SMILES string of the molecule is C=CCOC(=O)Nc1ccc(C2OC(CN(Cc3ccccc3)Cc3ccccc3)C(C)C(c3ccc(CO)cc3)O2)cc1. The summed E-state index contributed by atoms with van der Waals surface area (Å²) in [6.07, 6.45) is -0.00781. The van der Waals surface area contributed by atoms with Crippen LogP contribution in [0.2, 0.25) is 0 Å². The number of ether oxygens (including phenoxy) is 3. The van der Waals surface area contributed by atoms with Gasteiger partial charge < -0.3 is 19.3 Å². The van der Waals surface area contributed by atoms with Crippen LogP contribution in [0, 0.1) is 5.92 Å². The number of nitrogens with one attached hydrogen (secondary N) is 1. The standard InChI is InChI=1S/C37H40N2O5/c1-3-22-42-37(41)38-33-20-18-32(19-21-33)36-43-34(27(2)35(44-36)31-16-14-30(26-40)15-17-31)25-39(23-28-10-6-4-7-11-28)24-29-12-8-5-9-13-29/h3-21,27,34-36,40H,1,22-26H2,2H3,(H,38,41). The molecule has 1 aliphatic heterocycles. The molecule has 1 fully saturated rings. The lowest BCUT2D eigenvalue weighted by Crippen LogP contribution is -2.44. The van der Waals surface area contributed by atoms with Crippen LogP contribution in [-0.4, -0.2) is 35.4 Å². The lowest BCUT2D eigenvalue weighted by Gasteiger charge is -2.43. The zero-order valence-corrected chi connectivity index (χ0v) is 25.0. The van der Waals surface area contributed by atoms with Gasteiger partial charge in [-0.25, -0.2) is 4.79 Å². The van der Waals surface area contributed by atoms with Crippen molar-refractivity contribution < 1.29 is 24.1 Å². The normalized spacial score (nSPS) is 19.8. The average molecular weight is 593 g/mol. The molecule has 7 heteroatoms. The first-order valence-corrected chi connectivity index (χ1v) is 15.0. The van der Waals surface area contributed by atoms with Crippen LogP contribution in [-0.2, 0) is 33.9 Å². The van der Waals surface area contributed by atoms with E-state index in [0.717, 1.165) is 29.8 Å². The molecule has 1 heterocycles. The first-order valence-electron chi connectivity index (χ1n) is 15.0. The highest BCUT2D eigenvalue weighted by Crippen LogP contribution is 2.42. The Labute approximate surface area is 259 Å². The predicted octanol–water partition coefficient (Wildman–Crippen LogP) is 7.41. The number of aliphatic hydroxyl groups is 1. The molecule has 4 aromatic rings. The first kappa shape index (κ1) is 31.2. The number of amides is 1. The Balaban J connectivity index is 1.40. The van der Waals surface area contributed by atoms with E-state index < -0.39 is 12.4 Å². The van der Waals surface area contributed by atoms with Crippen LogP contribution in [0.25, 0.3) is 0 Å². The Morgan fingerprint density at radius 2 is 1.43 bits per heavy atom. The summed E-state index contributed by atoms with van der Waals surface area (Å²) >= 11 is 0. The van der Waals surface area contributed by atoms with Gasteiger partial charge in [0.2, 0.25) is 0 Å². The first-order chi connectivity index (χ1) is 21.5. The van der Waals surface area contributed by atoms with Gasteiger partial charge in [-0.2, -0.15) is 0 Å². The van der Waals surface area contributed by atoms with Crippen molar-refractivity contribution in [2.75, 3.05) is 18.5 Å². The van der Waals surface area contributed by atoms with Crippen molar-refractivity contribution in [3.05, 3.63) is 150 Å². The summed E-state index contributed by atoms with van der Waals surface area (Å²) in [5.74, 6) is 0.0424. The number of nitrogens with zero attached hydrogens (tertiary/aromatic N) is 1. The Kier molecular flexibility index (Phi) is 10.9. The van der Waals surface area contributed by atoms with Gasteiger partial charge in [0.15, 0.2) is 6.29 Å². The molecule has 0 aliphatic carbocycles. The predicted molar refractivity (Wildman–Crippen MR) is 172 cm³/mol. The van der Waals surface area contributed by atoms with Crippen LogP contribution >= 0.6 is 0 Å². The van der Waals surface area contributed by atoms with Crippen molar-refractivity contribution in [2.24, 2.45) is 5.92 Å². The molecule has 7 nitrogen and oxygen atoms in total. The third-order valence-electron chi connectivity index (χ3n) is 7.82. The van der Waals surface area contributed by atoms with Crippen LogP contribution in [0.3, 0.4) is 0 Å². The third kappa shape index (κ3) is 8.42. The van der Waals surface area contributed by atoms with Crippen LogP contribution < -0.4 is 5.32 Å². The summed E-state index contributed by atoms with van der Waals surface area (Å²) in [6, 6.07) is 36.4. The number of hydrogen-bond donors (Lipinski definition) is 2. The summed E-state index contributed by atoms with van der Waals surface area (Å²) in [5.41, 5.74) is 5.83. The zero-order chi connectivity index (χ0) is 30.7. The van der Waals surface area contributed by atoms with Crippen molar-refractivity contribution in [3.63, 3.8) is 0 Å². The number of rotatable bonds is 12. The van der Waals surface area contributed by atoms with Crippen molar-refractivity contribution >= 4 is 11.8 Å². The van der Waals surface area contributed by atoms with E-state index in [1.165, 1.54) is 17.2 Å². The van der Waals surface area contributed by atoms with Crippen molar-refractivity contribution in [1.82, 2.24) is 4.90 Å². The molecular weight excluding hydrogens is 552 g/mol. The maximum absolute atomic E-state index is 12.0. The Bertz CT molecular complexity index is 1420. The van der Waals surface area contributed by atoms with Gasteiger partial charge in [-0.15, -0.1) is 0 Å². The van der Waals surface area contributed by atoms with E-state index in [0.29, 0.717) is 12.2 Å². The number of carbonyl (C=O) groups is 1. The van der Waals surface area contributed by atoms with Gasteiger partial charge in [-0.05, 0) is 34.4 Å². The fourth-order valence-electron chi connectivity index (χ4n) is 5.46. The smallest absolute Gasteiger partial charge is 0.411 e. The van der Waals surface area contributed by atoms with Crippen LogP contribution in [0.4, 0.5) is 10.5 Å². The minimum Gasteiger partial charge on any atom is -0.445 e. The minimum atomic E-state index is -0.615. The molecule has 0 aromatic heterocycles. The van der Waals surface area contributed by atoms with Gasteiger partial charge in [-0.3, -0.25) is 10.2 Å². The quantitative estimate of drug-likeness (QED) is 0.167. The summed E-state index contributed by atoms with van der Waals surface area (Å²) in [6.45, 7) is 8.14. The molecule has 228 valence electrons. The fraction of sp³-hybridized carbons (Fsp3) is 0.270. The molecule has 4 atom stereocenters. The average Bonchev–Trinajstić information content (AvgIpc) is 3.06. The van der Waals surface area contributed by atoms with Gasteiger partial charge in [0, 0.05) is 36.8 Å². The maximum atomic E-state index is 12.0. The van der Waals surface area contributed by atoms with Gasteiger partial charge in [0.1, 0.15) is 6.61 Å². The van der Waals surface area contributed by atoms with E-state index in [1.807, 2.05) is 60.7 Å². The monoisotopic (exact) mass is 592 g/mol. The van der Waals surface area contributed by atoms with Gasteiger partial charge in [0.05, 0.1) is 18.8 Å². The van der Waals surface area contributed by atoms with E-state index in [2.05, 4.69) is 72.3 Å². The second-order valence-electron chi connectivity index (χ2n) is 11.1. The number of carbonyl (C=O) groups excluding carboxylic acids is 1. The van der Waals surface area contributed by atoms with Crippen molar-refractivity contribution in [1.29, 1.82) is 0 Å². The Morgan fingerprint density at radius 3 is 2.00 bits per heavy atom. The Hall–Kier alpha value is -4.27. The third-order valence-corrected chi connectivity index (χ3v) is 7.82. The second-order valence-corrected chi connectivity index (χ2v) is 11.1. The van der Waals surface area contributed by atoms with E-state index >= 15 is 0 Å². The summed E-state index contributed by atoms with van der Waals surface area (Å²) in [7, 11) is 0. The van der Waals surface area contributed by atoms with Gasteiger partial charge in [0.25, 0.3) is 0 Å². The van der Waals surface area contributed by atoms with Crippen LogP contribution in [0.5, 0.6) is 0 Å². The minimum absolute atomic E-state index is 0.00876. The molecule has 1 amide bonds. The molecule has 1 aliphatic rings. The molecule has 0 bridgehead atoms. The van der Waals surface area contributed by atoms with Crippen LogP contribution in [0.1, 0.15) is 47.1 Å². The second kappa shape index (κ2) is 15.5. The summed E-state index contributed by atoms with van der Waals surface area (Å²) in [4.78, 5) is 14.4. The molecule has 2 N–H and O–H groups in total. The molecule has 0 saturated carbocycles. The van der Waals surface area contributed by atoms with E-state index in [1.54, 1.807) is 0 Å². The van der Waals surface area contributed by atoms with Gasteiger partial charge in [-0.1, -0.05) is 117 Å². The van der Waals surface area contributed by atoms with Crippen molar-refractivity contribution in [2.45, 2.75) is 45.1 Å². The topological polar surface area (TPSA) is 80.3 Å². The summed E-state index contributed by atoms with van der Waals surface area (Å²) in [5, 5.41) is 12.3. The molecule has 44 heavy (non-hydrogen) atoms. The largest absolute Gasteiger partial charge is 0.445 e. The van der Waals surface area contributed by atoms with Gasteiger partial charge >= 0.3 is 6.09 Å². The molecule has 1 saturated heterocycles. The maximum Gasteiger partial charge on any atom is 0.411 e. The molecule has 0 spiro atoms. The highest BCUT2D eigenvalue weighted by Gasteiger charge is 2.39. The Morgan fingerprint density at radius 1 is 0.841 bits per heavy atom. The molecule has 4 unspecified atom stereocenters.